The molecule has 1 aromatic rings. The summed E-state index contributed by atoms with van der Waals surface area (Å²) in [6, 6.07) is 6.24. The highest BCUT2D eigenvalue weighted by molar-refractivity contribution is 5.98. The van der Waals surface area contributed by atoms with Crippen LogP contribution in [0.1, 0.15) is 24.2 Å². The summed E-state index contributed by atoms with van der Waals surface area (Å²) in [6.45, 7) is 3.80. The van der Waals surface area contributed by atoms with Gasteiger partial charge in [0.2, 0.25) is 12.1 Å². The van der Waals surface area contributed by atoms with E-state index in [9.17, 15) is 4.79 Å². The van der Waals surface area contributed by atoms with E-state index in [2.05, 4.69) is 0 Å². The number of benzene rings is 1. The number of hydrogen-bond donors (Lipinski definition) is 2. The van der Waals surface area contributed by atoms with Gasteiger partial charge in [0.05, 0.1) is 6.10 Å². The van der Waals surface area contributed by atoms with Crippen molar-refractivity contribution in [2.75, 3.05) is 0 Å². The van der Waals surface area contributed by atoms with Gasteiger partial charge in [-0.2, -0.15) is 0 Å². The Morgan fingerprint density at radius 3 is 2.13 bits per heavy atom. The zero-order chi connectivity index (χ0) is 11.4. The number of ketones is 1. The number of aliphatic hydroxyl groups excluding tert-OH is 1. The molecule has 0 atom stereocenters. The highest BCUT2D eigenvalue weighted by Gasteiger charge is 2.13. The van der Waals surface area contributed by atoms with Crippen molar-refractivity contribution < 1.29 is 19.7 Å². The van der Waals surface area contributed by atoms with E-state index in [-0.39, 0.29) is 11.7 Å². The largest absolute Gasteiger partial charge is 0.491 e. The predicted molar refractivity (Wildman–Crippen MR) is 54.8 cm³/mol. The fourth-order valence-electron chi connectivity index (χ4n) is 1.12. The number of rotatable bonds is 4. The van der Waals surface area contributed by atoms with Gasteiger partial charge in [-0.25, -0.2) is 0 Å². The number of hydrogen-bond acceptors (Lipinski definition) is 4. The highest BCUT2D eigenvalue weighted by atomic mass is 16.5. The molecule has 0 aromatic heterocycles. The molecule has 0 saturated carbocycles. The first-order chi connectivity index (χ1) is 7.00. The molecule has 0 bridgehead atoms. The first kappa shape index (κ1) is 11.7. The molecule has 0 spiro atoms. The molecule has 4 heteroatoms. The molecule has 0 heterocycles. The summed E-state index contributed by atoms with van der Waals surface area (Å²) < 4.78 is 5.37. The number of Topliss-reactive ketones (excluding diaryl/α,β-unsaturated/α-hetero) is 1. The van der Waals surface area contributed by atoms with Crippen LogP contribution in [0.4, 0.5) is 0 Å². The monoisotopic (exact) mass is 210 g/mol. The minimum Gasteiger partial charge on any atom is -0.491 e. The van der Waals surface area contributed by atoms with Crippen LogP contribution < -0.4 is 4.74 Å². The zero-order valence-corrected chi connectivity index (χ0v) is 8.68. The highest BCUT2D eigenvalue weighted by Crippen LogP contribution is 2.14. The fraction of sp³-hybridized carbons (Fsp3) is 0.364. The average Bonchev–Trinajstić information content (AvgIpc) is 2.17. The van der Waals surface area contributed by atoms with Crippen LogP contribution in [0.15, 0.2) is 24.3 Å². The van der Waals surface area contributed by atoms with Crippen molar-refractivity contribution in [2.45, 2.75) is 26.2 Å². The maximum absolute atomic E-state index is 11.1. The predicted octanol–water partition coefficient (Wildman–Crippen LogP) is 0.967. The van der Waals surface area contributed by atoms with E-state index in [1.165, 1.54) is 12.1 Å². The minimum absolute atomic E-state index is 0.0648. The third-order valence-corrected chi connectivity index (χ3v) is 1.75. The molecule has 0 unspecified atom stereocenters. The number of aliphatic hydroxyl groups is 2. The van der Waals surface area contributed by atoms with Crippen LogP contribution in [0.2, 0.25) is 0 Å². The van der Waals surface area contributed by atoms with Crippen molar-refractivity contribution in [1.82, 2.24) is 0 Å². The Morgan fingerprint density at radius 1 is 1.20 bits per heavy atom. The van der Waals surface area contributed by atoms with E-state index in [1.54, 1.807) is 12.1 Å². The third-order valence-electron chi connectivity index (χ3n) is 1.75. The van der Waals surface area contributed by atoms with E-state index >= 15 is 0 Å². The molecule has 0 aliphatic heterocycles. The molecule has 2 N–H and O–H groups in total. The Morgan fingerprint density at radius 2 is 1.73 bits per heavy atom. The Hall–Kier alpha value is -1.39. The second-order valence-corrected chi connectivity index (χ2v) is 3.43. The van der Waals surface area contributed by atoms with Crippen molar-refractivity contribution in [3.05, 3.63) is 29.8 Å². The fourth-order valence-corrected chi connectivity index (χ4v) is 1.12. The van der Waals surface area contributed by atoms with Gasteiger partial charge in [-0.05, 0) is 38.1 Å². The SMILES string of the molecule is CC(C)Oc1ccc(C(=O)C(O)O)cc1. The van der Waals surface area contributed by atoms with Crippen LogP contribution in [0.5, 0.6) is 5.75 Å². The lowest BCUT2D eigenvalue weighted by Crippen LogP contribution is -2.19. The first-order valence-corrected chi connectivity index (χ1v) is 4.68. The van der Waals surface area contributed by atoms with E-state index in [1.807, 2.05) is 13.8 Å². The van der Waals surface area contributed by atoms with Gasteiger partial charge in [-0.15, -0.1) is 0 Å². The summed E-state index contributed by atoms with van der Waals surface area (Å²) in [4.78, 5) is 11.1. The molecule has 0 aliphatic carbocycles. The van der Waals surface area contributed by atoms with Gasteiger partial charge < -0.3 is 14.9 Å². The van der Waals surface area contributed by atoms with E-state index in [0.29, 0.717) is 5.75 Å². The van der Waals surface area contributed by atoms with Crippen LogP contribution in [0, 0.1) is 0 Å². The summed E-state index contributed by atoms with van der Waals surface area (Å²) in [6.07, 6.45) is -1.89. The average molecular weight is 210 g/mol. The van der Waals surface area contributed by atoms with E-state index in [4.69, 9.17) is 14.9 Å². The van der Waals surface area contributed by atoms with Crippen molar-refractivity contribution >= 4 is 5.78 Å². The van der Waals surface area contributed by atoms with Crippen LogP contribution in [-0.2, 0) is 0 Å². The maximum atomic E-state index is 11.1. The number of ether oxygens (including phenoxy) is 1. The van der Waals surface area contributed by atoms with Crippen LogP contribution in [-0.4, -0.2) is 28.4 Å². The molecule has 82 valence electrons. The Bertz CT molecular complexity index is 327. The second kappa shape index (κ2) is 4.91. The Balaban J connectivity index is 2.76. The van der Waals surface area contributed by atoms with Crippen molar-refractivity contribution in [3.8, 4) is 5.75 Å². The molecule has 0 saturated heterocycles. The van der Waals surface area contributed by atoms with Gasteiger partial charge in [0.1, 0.15) is 5.75 Å². The Labute approximate surface area is 88.1 Å². The molecule has 0 radical (unpaired) electrons. The lowest BCUT2D eigenvalue weighted by atomic mass is 10.1. The van der Waals surface area contributed by atoms with Crippen LogP contribution in [0.25, 0.3) is 0 Å². The maximum Gasteiger partial charge on any atom is 0.218 e. The molecule has 1 rings (SSSR count). The normalized spacial score (nSPS) is 10.8. The summed E-state index contributed by atoms with van der Waals surface area (Å²) in [5.41, 5.74) is 0.251. The van der Waals surface area contributed by atoms with Crippen molar-refractivity contribution in [3.63, 3.8) is 0 Å². The van der Waals surface area contributed by atoms with Gasteiger partial charge in [-0.3, -0.25) is 4.79 Å². The zero-order valence-electron chi connectivity index (χ0n) is 8.68. The van der Waals surface area contributed by atoms with Gasteiger partial charge in [0.25, 0.3) is 0 Å². The van der Waals surface area contributed by atoms with Gasteiger partial charge in [0.15, 0.2) is 0 Å². The van der Waals surface area contributed by atoms with Crippen LogP contribution in [0.3, 0.4) is 0 Å². The summed E-state index contributed by atoms with van der Waals surface area (Å²) in [5.74, 6) is -0.0694. The van der Waals surface area contributed by atoms with Gasteiger partial charge in [0, 0.05) is 5.56 Å². The minimum atomic E-state index is -1.96. The molecule has 15 heavy (non-hydrogen) atoms. The molecular formula is C11H14O4. The molecule has 4 nitrogen and oxygen atoms in total. The molecule has 0 amide bonds. The second-order valence-electron chi connectivity index (χ2n) is 3.43. The van der Waals surface area contributed by atoms with Crippen molar-refractivity contribution in [1.29, 1.82) is 0 Å². The molecule has 0 fully saturated rings. The number of carbonyl (C=O) groups excluding carboxylic acids is 1. The first-order valence-electron chi connectivity index (χ1n) is 4.68. The Kier molecular flexibility index (Phi) is 3.82. The topological polar surface area (TPSA) is 66.8 Å². The van der Waals surface area contributed by atoms with Gasteiger partial charge >= 0.3 is 0 Å². The number of carbonyl (C=O) groups is 1. The summed E-state index contributed by atoms with van der Waals surface area (Å²) >= 11 is 0. The summed E-state index contributed by atoms with van der Waals surface area (Å²) in [7, 11) is 0. The molecular weight excluding hydrogens is 196 g/mol. The standard InChI is InChI=1S/C11H14O4/c1-7(2)15-9-5-3-8(4-6-9)10(12)11(13)14/h3-7,11,13-14H,1-2H3. The lowest BCUT2D eigenvalue weighted by Gasteiger charge is -2.10. The van der Waals surface area contributed by atoms with E-state index in [0.717, 1.165) is 0 Å². The van der Waals surface area contributed by atoms with Crippen molar-refractivity contribution in [2.24, 2.45) is 0 Å². The van der Waals surface area contributed by atoms with E-state index < -0.39 is 12.1 Å². The van der Waals surface area contributed by atoms with Crippen LogP contribution >= 0.6 is 0 Å². The molecule has 1 aromatic carbocycles. The van der Waals surface area contributed by atoms with Gasteiger partial charge in [-0.1, -0.05) is 0 Å². The smallest absolute Gasteiger partial charge is 0.218 e. The lowest BCUT2D eigenvalue weighted by molar-refractivity contribution is -0.0195. The third kappa shape index (κ3) is 3.34. The summed E-state index contributed by atoms with van der Waals surface area (Å²) in [5, 5.41) is 17.3. The molecule has 0 aliphatic rings. The quantitative estimate of drug-likeness (QED) is 0.574.